The van der Waals surface area contributed by atoms with Gasteiger partial charge in [-0.1, -0.05) is 6.92 Å². The summed E-state index contributed by atoms with van der Waals surface area (Å²) in [5, 5.41) is 7.92. The second kappa shape index (κ2) is 5.38. The Labute approximate surface area is 126 Å². The first kappa shape index (κ1) is 14.5. The van der Waals surface area contributed by atoms with Crippen LogP contribution in [0.3, 0.4) is 0 Å². The Morgan fingerprint density at radius 2 is 1.91 bits per heavy atom. The third kappa shape index (κ3) is 2.52. The van der Waals surface area contributed by atoms with Gasteiger partial charge in [0.25, 0.3) is 10.0 Å². The van der Waals surface area contributed by atoms with Gasteiger partial charge >= 0.3 is 0 Å². The van der Waals surface area contributed by atoms with E-state index in [-0.39, 0.29) is 16.2 Å². The predicted molar refractivity (Wildman–Crippen MR) is 79.6 cm³/mol. The quantitative estimate of drug-likeness (QED) is 0.800. The van der Waals surface area contributed by atoms with E-state index in [1.165, 1.54) is 30.3 Å². The molecule has 3 aromatic rings. The van der Waals surface area contributed by atoms with Crippen LogP contribution in [0, 0.1) is 5.82 Å². The van der Waals surface area contributed by atoms with Crippen LogP contribution in [0.25, 0.3) is 5.65 Å². The molecule has 1 aromatic carbocycles. The van der Waals surface area contributed by atoms with Crippen molar-refractivity contribution in [3.8, 4) is 0 Å². The number of nitrogens with one attached hydrogen (secondary N) is 1. The number of rotatable bonds is 4. The van der Waals surface area contributed by atoms with Gasteiger partial charge in [-0.25, -0.2) is 12.8 Å². The van der Waals surface area contributed by atoms with Crippen LogP contribution in [0.1, 0.15) is 12.7 Å². The highest BCUT2D eigenvalue weighted by Crippen LogP contribution is 2.20. The normalized spacial score (nSPS) is 11.7. The number of sulfonamides is 1. The molecule has 2 aromatic heterocycles. The molecule has 0 amide bonds. The van der Waals surface area contributed by atoms with E-state index in [9.17, 15) is 12.8 Å². The number of hydrogen-bond donors (Lipinski definition) is 1. The summed E-state index contributed by atoms with van der Waals surface area (Å²) in [5.74, 6) is 0.240. The van der Waals surface area contributed by atoms with Gasteiger partial charge in [-0.2, -0.15) is 0 Å². The van der Waals surface area contributed by atoms with Gasteiger partial charge in [0, 0.05) is 18.3 Å². The summed E-state index contributed by atoms with van der Waals surface area (Å²) in [6.45, 7) is 1.91. The average Bonchev–Trinajstić information content (AvgIpc) is 2.92. The van der Waals surface area contributed by atoms with Crippen LogP contribution in [0.5, 0.6) is 0 Å². The second-order valence-corrected chi connectivity index (χ2v) is 6.30. The summed E-state index contributed by atoms with van der Waals surface area (Å²) in [5.41, 5.74) is 0.535. The minimum atomic E-state index is -3.84. The van der Waals surface area contributed by atoms with Crippen LogP contribution >= 0.6 is 0 Å². The zero-order chi connectivity index (χ0) is 15.7. The van der Waals surface area contributed by atoms with Crippen molar-refractivity contribution in [2.75, 3.05) is 4.72 Å². The predicted octanol–water partition coefficient (Wildman–Crippen LogP) is 2.23. The van der Waals surface area contributed by atoms with Crippen molar-refractivity contribution in [1.82, 2.24) is 14.6 Å². The highest BCUT2D eigenvalue weighted by atomic mass is 32.2. The van der Waals surface area contributed by atoms with E-state index in [1.807, 2.05) is 6.92 Å². The topological polar surface area (TPSA) is 76.4 Å². The van der Waals surface area contributed by atoms with E-state index in [1.54, 1.807) is 16.7 Å². The monoisotopic (exact) mass is 320 g/mol. The molecule has 0 unspecified atom stereocenters. The van der Waals surface area contributed by atoms with Crippen LogP contribution < -0.4 is 4.72 Å². The van der Waals surface area contributed by atoms with Crippen molar-refractivity contribution >= 4 is 21.4 Å². The van der Waals surface area contributed by atoms with Gasteiger partial charge < -0.3 is 0 Å². The van der Waals surface area contributed by atoms with Gasteiger partial charge in [-0.15, -0.1) is 10.2 Å². The molecule has 0 saturated carbocycles. The Kier molecular flexibility index (Phi) is 3.53. The van der Waals surface area contributed by atoms with Gasteiger partial charge in [0.1, 0.15) is 16.5 Å². The van der Waals surface area contributed by atoms with Gasteiger partial charge in [0.05, 0.1) is 0 Å². The van der Waals surface area contributed by atoms with E-state index >= 15 is 0 Å². The number of halogens is 1. The minimum absolute atomic E-state index is 0.0199. The first-order chi connectivity index (χ1) is 10.5. The summed E-state index contributed by atoms with van der Waals surface area (Å²) in [6.07, 6.45) is 2.35. The number of hydrogen-bond acceptors (Lipinski definition) is 4. The fourth-order valence-electron chi connectivity index (χ4n) is 2.12. The Balaban J connectivity index is 2.05. The Morgan fingerprint density at radius 3 is 2.59 bits per heavy atom. The molecule has 0 aliphatic rings. The molecule has 22 heavy (non-hydrogen) atoms. The molecule has 0 spiro atoms. The lowest BCUT2D eigenvalue weighted by molar-refractivity contribution is 0.601. The SMILES string of the molecule is CCc1nnc2c(S(=O)(=O)Nc3ccc(F)cc3)cccn12. The maximum atomic E-state index is 12.9. The number of aryl methyl sites for hydroxylation is 1. The summed E-state index contributed by atoms with van der Waals surface area (Å²) in [7, 11) is -3.84. The Morgan fingerprint density at radius 1 is 1.18 bits per heavy atom. The molecular formula is C14H13FN4O2S. The maximum Gasteiger partial charge on any atom is 0.265 e. The van der Waals surface area contributed by atoms with Crippen LogP contribution in [0.15, 0.2) is 47.5 Å². The van der Waals surface area contributed by atoms with Gasteiger partial charge in [0.2, 0.25) is 0 Å². The first-order valence-corrected chi connectivity index (χ1v) is 8.10. The third-order valence-corrected chi connectivity index (χ3v) is 4.57. The molecule has 0 aliphatic heterocycles. The fourth-order valence-corrected chi connectivity index (χ4v) is 3.31. The van der Waals surface area contributed by atoms with E-state index < -0.39 is 15.8 Å². The molecule has 0 saturated heterocycles. The van der Waals surface area contributed by atoms with Crippen molar-refractivity contribution in [1.29, 1.82) is 0 Å². The second-order valence-electron chi connectivity index (χ2n) is 4.65. The Bertz CT molecular complexity index is 920. The van der Waals surface area contributed by atoms with Gasteiger partial charge in [-0.05, 0) is 36.4 Å². The van der Waals surface area contributed by atoms with Crippen molar-refractivity contribution in [3.63, 3.8) is 0 Å². The van der Waals surface area contributed by atoms with Gasteiger partial charge in [0.15, 0.2) is 5.65 Å². The largest absolute Gasteiger partial charge is 0.285 e. The lowest BCUT2D eigenvalue weighted by Gasteiger charge is -2.08. The highest BCUT2D eigenvalue weighted by Gasteiger charge is 2.20. The molecule has 8 heteroatoms. The number of aromatic nitrogens is 3. The summed E-state index contributed by atoms with van der Waals surface area (Å²) in [4.78, 5) is 0.0199. The molecule has 114 valence electrons. The standard InChI is InChI=1S/C14H13FN4O2S/c1-2-13-16-17-14-12(4-3-9-19(13)14)22(20,21)18-11-7-5-10(15)6-8-11/h3-9,18H,2H2,1H3. The number of fused-ring (bicyclic) bond motifs is 1. The van der Waals surface area contributed by atoms with Crippen LogP contribution in [-0.4, -0.2) is 23.0 Å². The summed E-state index contributed by atoms with van der Waals surface area (Å²) in [6, 6.07) is 8.15. The molecule has 6 nitrogen and oxygen atoms in total. The summed E-state index contributed by atoms with van der Waals surface area (Å²) < 4.78 is 42.0. The molecule has 1 N–H and O–H groups in total. The Hall–Kier alpha value is -2.48. The van der Waals surface area contributed by atoms with Crippen molar-refractivity contribution in [2.45, 2.75) is 18.2 Å². The highest BCUT2D eigenvalue weighted by molar-refractivity contribution is 7.93. The van der Waals surface area contributed by atoms with E-state index in [4.69, 9.17) is 0 Å². The molecule has 0 bridgehead atoms. The zero-order valence-corrected chi connectivity index (χ0v) is 12.5. The van der Waals surface area contributed by atoms with Crippen LogP contribution in [0.4, 0.5) is 10.1 Å². The minimum Gasteiger partial charge on any atom is -0.285 e. The number of benzene rings is 1. The van der Waals surface area contributed by atoms with Crippen LogP contribution in [-0.2, 0) is 16.4 Å². The molecule has 0 radical (unpaired) electrons. The van der Waals surface area contributed by atoms with Crippen molar-refractivity contribution < 1.29 is 12.8 Å². The maximum absolute atomic E-state index is 12.9. The molecule has 0 atom stereocenters. The lowest BCUT2D eigenvalue weighted by atomic mass is 10.3. The van der Waals surface area contributed by atoms with E-state index in [0.717, 1.165) is 0 Å². The third-order valence-electron chi connectivity index (χ3n) is 3.17. The molecule has 3 rings (SSSR count). The zero-order valence-electron chi connectivity index (χ0n) is 11.7. The smallest absolute Gasteiger partial charge is 0.265 e. The van der Waals surface area contributed by atoms with Crippen molar-refractivity contribution in [2.24, 2.45) is 0 Å². The lowest BCUT2D eigenvalue weighted by Crippen LogP contribution is -2.14. The fraction of sp³-hybridized carbons (Fsp3) is 0.143. The number of nitrogens with zero attached hydrogens (tertiary/aromatic N) is 3. The molecule has 2 heterocycles. The van der Waals surface area contributed by atoms with Gasteiger partial charge in [-0.3, -0.25) is 9.12 Å². The van der Waals surface area contributed by atoms with Crippen LogP contribution in [0.2, 0.25) is 0 Å². The average molecular weight is 320 g/mol. The molecular weight excluding hydrogens is 307 g/mol. The molecule has 0 aliphatic carbocycles. The van der Waals surface area contributed by atoms with E-state index in [0.29, 0.717) is 12.2 Å². The number of anilines is 1. The van der Waals surface area contributed by atoms with E-state index in [2.05, 4.69) is 14.9 Å². The molecule has 0 fully saturated rings. The van der Waals surface area contributed by atoms with Crippen molar-refractivity contribution in [3.05, 3.63) is 54.2 Å². The first-order valence-electron chi connectivity index (χ1n) is 6.62. The number of pyridine rings is 1. The summed E-state index contributed by atoms with van der Waals surface area (Å²) >= 11 is 0.